The van der Waals surface area contributed by atoms with Crippen molar-refractivity contribution in [2.24, 2.45) is 0 Å². The molecule has 1 aliphatic rings. The monoisotopic (exact) mass is 494 g/mol. The SMILES string of the molecule is CC1(C)O[C@@H](C(O)(Cc2ccccc2)c2ccccc2)[C@H](C(O)(Cc2ccccc2)c2ccccc2)O1. The standard InChI is InChI=1S/C33H34O4/c1-31(2)36-29(32(34,27-19-11-5-12-20-27)23-25-15-7-3-8-16-25)30(37-31)33(35,28-21-13-6-14-22-28)24-26-17-9-4-10-18-26/h3-22,29-30,34-35H,23-24H2,1-2H3/t29-,30-,32?,33?/m1/s1. The van der Waals surface area contributed by atoms with Crippen molar-refractivity contribution < 1.29 is 19.7 Å². The van der Waals surface area contributed by atoms with Gasteiger partial charge < -0.3 is 19.7 Å². The largest absolute Gasteiger partial charge is 0.382 e. The molecule has 4 heteroatoms. The van der Waals surface area contributed by atoms with Gasteiger partial charge in [-0.05, 0) is 36.1 Å². The summed E-state index contributed by atoms with van der Waals surface area (Å²) in [6.45, 7) is 3.67. The number of benzene rings is 4. The minimum atomic E-state index is -1.47. The van der Waals surface area contributed by atoms with Gasteiger partial charge in [0.25, 0.3) is 0 Å². The van der Waals surface area contributed by atoms with Crippen molar-refractivity contribution in [3.8, 4) is 0 Å². The van der Waals surface area contributed by atoms with Gasteiger partial charge in [0, 0.05) is 12.8 Å². The van der Waals surface area contributed by atoms with Crippen molar-refractivity contribution in [1.29, 1.82) is 0 Å². The number of hydrogen-bond acceptors (Lipinski definition) is 4. The van der Waals surface area contributed by atoms with Crippen LogP contribution < -0.4 is 0 Å². The Morgan fingerprint density at radius 3 is 1.16 bits per heavy atom. The molecule has 0 aliphatic carbocycles. The van der Waals surface area contributed by atoms with Crippen LogP contribution in [0, 0.1) is 0 Å². The maximum Gasteiger partial charge on any atom is 0.164 e. The van der Waals surface area contributed by atoms with Crippen LogP contribution in [0.15, 0.2) is 121 Å². The van der Waals surface area contributed by atoms with Crippen molar-refractivity contribution >= 4 is 0 Å². The van der Waals surface area contributed by atoms with Crippen molar-refractivity contribution in [2.75, 3.05) is 0 Å². The molecular formula is C33H34O4. The Labute approximate surface area is 219 Å². The number of ether oxygens (including phenoxy) is 2. The highest BCUT2D eigenvalue weighted by Gasteiger charge is 2.60. The van der Waals surface area contributed by atoms with E-state index in [1.165, 1.54) is 0 Å². The van der Waals surface area contributed by atoms with Crippen molar-refractivity contribution in [3.05, 3.63) is 144 Å². The molecule has 1 aliphatic heterocycles. The minimum Gasteiger partial charge on any atom is -0.382 e. The predicted octanol–water partition coefficient (Wildman–Crippen LogP) is 5.77. The van der Waals surface area contributed by atoms with E-state index >= 15 is 0 Å². The molecule has 1 fully saturated rings. The average molecular weight is 495 g/mol. The molecule has 0 aromatic heterocycles. The molecule has 37 heavy (non-hydrogen) atoms. The Morgan fingerprint density at radius 2 is 0.838 bits per heavy atom. The molecule has 0 saturated carbocycles. The van der Waals surface area contributed by atoms with Gasteiger partial charge in [-0.3, -0.25) is 0 Å². The van der Waals surface area contributed by atoms with Gasteiger partial charge >= 0.3 is 0 Å². The first-order valence-corrected chi connectivity index (χ1v) is 12.8. The summed E-state index contributed by atoms with van der Waals surface area (Å²) < 4.78 is 13.1. The summed E-state index contributed by atoms with van der Waals surface area (Å²) in [5.41, 5.74) is 0.413. The lowest BCUT2D eigenvalue weighted by molar-refractivity contribution is -0.178. The lowest BCUT2D eigenvalue weighted by Gasteiger charge is -2.42. The van der Waals surface area contributed by atoms with Gasteiger partial charge in [-0.1, -0.05) is 121 Å². The summed E-state index contributed by atoms with van der Waals surface area (Å²) in [7, 11) is 0. The van der Waals surface area contributed by atoms with E-state index in [0.717, 1.165) is 11.1 Å². The van der Waals surface area contributed by atoms with Gasteiger partial charge in [0.2, 0.25) is 0 Å². The van der Waals surface area contributed by atoms with Crippen LogP contribution in [0.1, 0.15) is 36.1 Å². The van der Waals surface area contributed by atoms with E-state index in [9.17, 15) is 10.2 Å². The Balaban J connectivity index is 1.66. The summed E-state index contributed by atoms with van der Waals surface area (Å²) in [5, 5.41) is 25.2. The van der Waals surface area contributed by atoms with Crippen LogP contribution in [-0.4, -0.2) is 28.2 Å². The van der Waals surface area contributed by atoms with E-state index in [0.29, 0.717) is 24.0 Å². The van der Waals surface area contributed by atoms with E-state index in [-0.39, 0.29) is 0 Å². The quantitative estimate of drug-likeness (QED) is 0.327. The average Bonchev–Trinajstić information content (AvgIpc) is 3.27. The van der Waals surface area contributed by atoms with Crippen LogP contribution in [0.2, 0.25) is 0 Å². The Bertz CT molecular complexity index is 1180. The first-order chi connectivity index (χ1) is 17.8. The van der Waals surface area contributed by atoms with E-state index in [2.05, 4.69) is 0 Å². The molecule has 4 atom stereocenters. The number of hydrogen-bond donors (Lipinski definition) is 2. The fourth-order valence-electron chi connectivity index (χ4n) is 5.46. The van der Waals surface area contributed by atoms with Crippen LogP contribution in [0.5, 0.6) is 0 Å². The third kappa shape index (κ3) is 5.25. The first-order valence-electron chi connectivity index (χ1n) is 12.8. The third-order valence-corrected chi connectivity index (χ3v) is 7.22. The molecule has 5 rings (SSSR count). The highest BCUT2D eigenvalue weighted by Crippen LogP contribution is 2.48. The molecule has 0 radical (unpaired) electrons. The highest BCUT2D eigenvalue weighted by atomic mass is 16.8. The molecule has 0 bridgehead atoms. The van der Waals surface area contributed by atoms with Gasteiger partial charge in [-0.2, -0.15) is 0 Å². The Morgan fingerprint density at radius 1 is 0.541 bits per heavy atom. The second-order valence-electron chi connectivity index (χ2n) is 10.4. The molecular weight excluding hydrogens is 460 g/mol. The molecule has 0 spiro atoms. The topological polar surface area (TPSA) is 58.9 Å². The normalized spacial score (nSPS) is 22.2. The van der Waals surface area contributed by atoms with Crippen LogP contribution in [0.4, 0.5) is 0 Å². The van der Waals surface area contributed by atoms with Crippen LogP contribution in [0.3, 0.4) is 0 Å². The van der Waals surface area contributed by atoms with Crippen molar-refractivity contribution in [1.82, 2.24) is 0 Å². The summed E-state index contributed by atoms with van der Waals surface area (Å²) in [5.74, 6) is -1.02. The zero-order chi connectivity index (χ0) is 25.9. The molecule has 4 aromatic carbocycles. The molecule has 4 aromatic rings. The highest BCUT2D eigenvalue weighted by molar-refractivity contribution is 5.34. The van der Waals surface area contributed by atoms with Gasteiger partial charge in [0.1, 0.15) is 23.4 Å². The second-order valence-corrected chi connectivity index (χ2v) is 10.4. The molecule has 0 amide bonds. The van der Waals surface area contributed by atoms with Gasteiger partial charge in [-0.15, -0.1) is 0 Å². The van der Waals surface area contributed by atoms with E-state index < -0.39 is 29.2 Å². The summed E-state index contributed by atoms with van der Waals surface area (Å²) >= 11 is 0. The maximum absolute atomic E-state index is 12.6. The lowest BCUT2D eigenvalue weighted by atomic mass is 9.73. The molecule has 1 saturated heterocycles. The van der Waals surface area contributed by atoms with Gasteiger partial charge in [0.05, 0.1) is 0 Å². The smallest absolute Gasteiger partial charge is 0.164 e. The van der Waals surface area contributed by atoms with E-state index in [1.807, 2.05) is 135 Å². The molecule has 4 nitrogen and oxygen atoms in total. The minimum absolute atomic E-state index is 0.300. The van der Waals surface area contributed by atoms with E-state index in [4.69, 9.17) is 9.47 Å². The fourth-order valence-corrected chi connectivity index (χ4v) is 5.46. The molecule has 2 unspecified atom stereocenters. The summed E-state index contributed by atoms with van der Waals surface area (Å²) in [6.07, 6.45) is -1.12. The molecule has 2 N–H and O–H groups in total. The fraction of sp³-hybridized carbons (Fsp3) is 0.273. The molecule has 1 heterocycles. The van der Waals surface area contributed by atoms with Gasteiger partial charge in [-0.25, -0.2) is 0 Å². The van der Waals surface area contributed by atoms with Crippen LogP contribution in [0.25, 0.3) is 0 Å². The third-order valence-electron chi connectivity index (χ3n) is 7.22. The summed E-state index contributed by atoms with van der Waals surface area (Å²) in [6, 6.07) is 38.9. The lowest BCUT2D eigenvalue weighted by Crippen LogP contribution is -2.55. The zero-order valence-electron chi connectivity index (χ0n) is 21.3. The number of aliphatic hydroxyl groups is 2. The van der Waals surface area contributed by atoms with Crippen molar-refractivity contribution in [3.63, 3.8) is 0 Å². The first kappa shape index (κ1) is 25.4. The van der Waals surface area contributed by atoms with E-state index in [1.54, 1.807) is 0 Å². The Kier molecular flexibility index (Phi) is 7.02. The van der Waals surface area contributed by atoms with Gasteiger partial charge in [0.15, 0.2) is 5.79 Å². The molecule has 190 valence electrons. The maximum atomic E-state index is 12.6. The number of rotatable bonds is 8. The van der Waals surface area contributed by atoms with Crippen molar-refractivity contribution in [2.45, 2.75) is 55.9 Å². The van der Waals surface area contributed by atoms with Crippen LogP contribution >= 0.6 is 0 Å². The summed E-state index contributed by atoms with van der Waals surface area (Å²) in [4.78, 5) is 0. The Hall–Kier alpha value is -3.28. The van der Waals surface area contributed by atoms with Crippen LogP contribution in [-0.2, 0) is 33.5 Å². The second kappa shape index (κ2) is 10.2. The predicted molar refractivity (Wildman–Crippen MR) is 145 cm³/mol. The zero-order valence-corrected chi connectivity index (χ0v) is 21.3.